The highest BCUT2D eigenvalue weighted by atomic mass is 35.5. The van der Waals surface area contributed by atoms with Crippen LogP contribution in [0.25, 0.3) is 0 Å². The number of piperazine rings is 1. The Morgan fingerprint density at radius 2 is 2.04 bits per heavy atom. The van der Waals surface area contributed by atoms with Gasteiger partial charge in [0, 0.05) is 55.8 Å². The molecule has 1 aromatic carbocycles. The molecule has 1 aliphatic carbocycles. The number of benzene rings is 1. The average molecular weight is 417 g/mol. The maximum atomic E-state index is 12.2. The Balaban J connectivity index is 1.63. The van der Waals surface area contributed by atoms with Gasteiger partial charge in [-0.3, -0.25) is 4.90 Å². The quantitative estimate of drug-likeness (QED) is 0.788. The van der Waals surface area contributed by atoms with E-state index in [1.807, 2.05) is 0 Å². The van der Waals surface area contributed by atoms with Crippen LogP contribution < -0.4 is 10.2 Å². The van der Waals surface area contributed by atoms with E-state index in [2.05, 4.69) is 5.32 Å². The zero-order valence-corrected chi connectivity index (χ0v) is 17.2. The zero-order valence-electron chi connectivity index (χ0n) is 26.4. The summed E-state index contributed by atoms with van der Waals surface area (Å²) in [6.45, 7) is -2.27. The molecule has 2 fully saturated rings. The second kappa shape index (κ2) is 9.84. The van der Waals surface area contributed by atoms with Gasteiger partial charge in [0.1, 0.15) is 0 Å². The molecule has 0 radical (unpaired) electrons. The molecular formula is C22H35ClN4O. The summed E-state index contributed by atoms with van der Waals surface area (Å²) in [5.74, 6) is -0.587. The molecule has 1 heterocycles. The minimum atomic E-state index is -2.56. The van der Waals surface area contributed by atoms with E-state index in [0.29, 0.717) is 41.8 Å². The smallest absolute Gasteiger partial charge is 0.317 e. The van der Waals surface area contributed by atoms with Gasteiger partial charge in [0.25, 0.3) is 0 Å². The Bertz CT molecular complexity index is 1010. The number of carbonyl (C=O) groups is 1. The van der Waals surface area contributed by atoms with Crippen molar-refractivity contribution in [2.75, 3.05) is 51.6 Å². The summed E-state index contributed by atoms with van der Waals surface area (Å²) in [6.07, 6.45) is -0.661. The van der Waals surface area contributed by atoms with Gasteiger partial charge in [-0.15, -0.1) is 0 Å². The summed E-state index contributed by atoms with van der Waals surface area (Å²) in [5, 5.41) is 2.92. The molecule has 0 bridgehead atoms. The zero-order chi connectivity index (χ0) is 28.8. The van der Waals surface area contributed by atoms with Crippen LogP contribution in [0.2, 0.25) is 5.02 Å². The lowest BCUT2D eigenvalue weighted by atomic mass is 9.84. The number of nitrogens with one attached hydrogen (secondary N) is 1. The molecule has 28 heavy (non-hydrogen) atoms. The molecule has 1 aromatic rings. The number of urea groups is 1. The summed E-state index contributed by atoms with van der Waals surface area (Å²) >= 11 is 6.42. The largest absolute Gasteiger partial charge is 0.368 e. The van der Waals surface area contributed by atoms with Crippen LogP contribution in [-0.4, -0.2) is 68.6 Å². The first-order chi connectivity index (χ1) is 17.4. The minimum absolute atomic E-state index is 0.0921. The molecule has 6 heteroatoms. The number of nitrogens with zero attached hydrogens (tertiary/aromatic N) is 3. The van der Waals surface area contributed by atoms with E-state index in [1.165, 1.54) is 11.9 Å². The Kier molecular flexibility index (Phi) is 4.10. The van der Waals surface area contributed by atoms with Gasteiger partial charge in [-0.25, -0.2) is 4.79 Å². The third-order valence-corrected chi connectivity index (χ3v) is 5.81. The third-order valence-electron chi connectivity index (χ3n) is 5.35. The summed E-state index contributed by atoms with van der Waals surface area (Å²) in [6, 6.07) is -1.48. The van der Waals surface area contributed by atoms with Gasteiger partial charge in [-0.1, -0.05) is 23.7 Å². The van der Waals surface area contributed by atoms with Crippen molar-refractivity contribution in [1.82, 2.24) is 15.1 Å². The van der Waals surface area contributed by atoms with Crippen molar-refractivity contribution < 1.29 is 18.5 Å². The van der Waals surface area contributed by atoms with Crippen molar-refractivity contribution in [3.63, 3.8) is 0 Å². The molecule has 3 rings (SSSR count). The predicted octanol–water partition coefficient (Wildman–Crippen LogP) is 3.99. The third kappa shape index (κ3) is 5.54. The molecule has 1 saturated carbocycles. The molecule has 2 amide bonds. The van der Waals surface area contributed by atoms with Crippen molar-refractivity contribution in [1.29, 1.82) is 0 Å². The topological polar surface area (TPSA) is 38.8 Å². The van der Waals surface area contributed by atoms with Crippen LogP contribution in [0.1, 0.15) is 51.3 Å². The number of rotatable bonds is 5. The van der Waals surface area contributed by atoms with Gasteiger partial charge >= 0.3 is 6.03 Å². The molecule has 1 saturated heterocycles. The highest BCUT2D eigenvalue weighted by Crippen LogP contribution is 2.30. The average Bonchev–Trinajstić information content (AvgIpc) is 2.86. The van der Waals surface area contributed by atoms with Crippen LogP contribution >= 0.6 is 11.6 Å². The lowest BCUT2D eigenvalue weighted by Crippen LogP contribution is -2.47. The number of hydrogen-bond donors (Lipinski definition) is 1. The van der Waals surface area contributed by atoms with Crippen LogP contribution in [0.4, 0.5) is 10.5 Å². The normalized spacial score (nSPS) is 30.2. The fraction of sp³-hybridized carbons (Fsp3) is 0.682. The highest BCUT2D eigenvalue weighted by Gasteiger charge is 2.24. The lowest BCUT2D eigenvalue weighted by molar-refractivity contribution is 0.194. The lowest BCUT2D eigenvalue weighted by Gasteiger charge is -2.37. The maximum absolute atomic E-state index is 12.2. The highest BCUT2D eigenvalue weighted by molar-refractivity contribution is 6.34. The monoisotopic (exact) mass is 416 g/mol. The number of anilines is 1. The van der Waals surface area contributed by atoms with Gasteiger partial charge in [0.05, 0.1) is 14.8 Å². The van der Waals surface area contributed by atoms with Crippen molar-refractivity contribution in [3.8, 4) is 0 Å². The van der Waals surface area contributed by atoms with E-state index >= 15 is 0 Å². The van der Waals surface area contributed by atoms with E-state index in [-0.39, 0.29) is 55.4 Å². The summed E-state index contributed by atoms with van der Waals surface area (Å²) < 4.78 is 81.3. The molecule has 1 N–H and O–H groups in total. The Labute approximate surface area is 189 Å². The molecular weight excluding hydrogens is 372 g/mol. The van der Waals surface area contributed by atoms with E-state index in [1.54, 1.807) is 11.8 Å². The summed E-state index contributed by atoms with van der Waals surface area (Å²) in [7, 11) is 1.19. The van der Waals surface area contributed by atoms with Crippen molar-refractivity contribution in [3.05, 3.63) is 28.7 Å². The minimum Gasteiger partial charge on any atom is -0.368 e. The second-order valence-corrected chi connectivity index (χ2v) is 7.83. The van der Waals surface area contributed by atoms with Crippen molar-refractivity contribution in [2.24, 2.45) is 5.92 Å². The SMILES string of the molecule is [2H]c1c([2H])c(C)c(Cl)c(N2CCN(C([2H])([2H])C([2H])([2H])C3CCC(NC(=O)N(C)C([2H])([2H])[2H])CC3)CC2)c1[2H]. The van der Waals surface area contributed by atoms with Crippen molar-refractivity contribution >= 4 is 23.3 Å². The summed E-state index contributed by atoms with van der Waals surface area (Å²) in [4.78, 5) is 16.1. The Morgan fingerprint density at radius 1 is 1.32 bits per heavy atom. The van der Waals surface area contributed by atoms with Crippen molar-refractivity contribution in [2.45, 2.75) is 45.0 Å². The van der Waals surface area contributed by atoms with Crippen LogP contribution in [0.3, 0.4) is 0 Å². The van der Waals surface area contributed by atoms with Crippen LogP contribution in [0.15, 0.2) is 18.1 Å². The summed E-state index contributed by atoms with van der Waals surface area (Å²) in [5.41, 5.74) is 0.756. The first-order valence-electron chi connectivity index (χ1n) is 14.7. The van der Waals surface area contributed by atoms with Crippen LogP contribution in [0, 0.1) is 12.8 Å². The van der Waals surface area contributed by atoms with E-state index in [0.717, 1.165) is 0 Å². The molecule has 156 valence electrons. The fourth-order valence-electron chi connectivity index (χ4n) is 3.57. The molecule has 0 atom stereocenters. The Hall–Kier alpha value is -1.46. The fourth-order valence-corrected chi connectivity index (χ4v) is 3.78. The second-order valence-electron chi connectivity index (χ2n) is 7.45. The molecule has 0 aromatic heterocycles. The number of amides is 2. The van der Waals surface area contributed by atoms with Gasteiger partial charge in [0.2, 0.25) is 0 Å². The molecule has 5 nitrogen and oxygen atoms in total. The van der Waals surface area contributed by atoms with Gasteiger partial charge in [0.15, 0.2) is 0 Å². The van der Waals surface area contributed by atoms with Gasteiger partial charge in [-0.05, 0) is 63.0 Å². The number of carbonyl (C=O) groups excluding carboxylic acids is 1. The van der Waals surface area contributed by atoms with E-state index in [9.17, 15) is 4.79 Å². The molecule has 0 spiro atoms. The molecule has 1 aliphatic heterocycles. The predicted molar refractivity (Wildman–Crippen MR) is 117 cm³/mol. The Morgan fingerprint density at radius 3 is 2.71 bits per heavy atom. The standard InChI is InChI=1S/C22H35ClN4O/c1-17-5-4-6-20(21(17)23)27-15-13-26(14-16-27)12-11-18-7-9-19(10-8-18)24-22(28)25(2)3/h4-6,18-19H,7-16H2,1-3H3,(H,24,28)/i2D3,4D,5D,6D,11D2,12D2. The number of halogens is 1. The molecule has 2 aliphatic rings. The van der Waals surface area contributed by atoms with Crippen LogP contribution in [0.5, 0.6) is 0 Å². The first kappa shape index (κ1) is 11.7. The first-order valence-corrected chi connectivity index (χ1v) is 10.1. The van der Waals surface area contributed by atoms with Gasteiger partial charge in [-0.2, -0.15) is 0 Å². The van der Waals surface area contributed by atoms with Crippen LogP contribution in [-0.2, 0) is 0 Å². The number of hydrogen-bond acceptors (Lipinski definition) is 3. The maximum Gasteiger partial charge on any atom is 0.317 e. The van der Waals surface area contributed by atoms with E-state index < -0.39 is 31.8 Å². The van der Waals surface area contributed by atoms with E-state index in [4.69, 9.17) is 25.3 Å². The molecule has 0 unspecified atom stereocenters. The van der Waals surface area contributed by atoms with Gasteiger partial charge < -0.3 is 15.1 Å².